The summed E-state index contributed by atoms with van der Waals surface area (Å²) in [4.78, 5) is 22.4. The van der Waals surface area contributed by atoms with Crippen LogP contribution in [0.2, 0.25) is 0 Å². The molecule has 0 aliphatic carbocycles. The van der Waals surface area contributed by atoms with Gasteiger partial charge in [0, 0.05) is 5.56 Å². The monoisotopic (exact) mass is 231 g/mol. The number of rotatable bonds is 3. The van der Waals surface area contributed by atoms with Crippen LogP contribution in [0.4, 0.5) is 0 Å². The van der Waals surface area contributed by atoms with E-state index in [4.69, 9.17) is 5.26 Å². The zero-order valence-corrected chi connectivity index (χ0v) is 9.98. The molecule has 0 saturated carbocycles. The zero-order chi connectivity index (χ0) is 13.0. The Labute approximate surface area is 99.8 Å². The molecule has 0 amide bonds. The predicted molar refractivity (Wildman–Crippen MR) is 62.0 cm³/mol. The van der Waals surface area contributed by atoms with E-state index in [9.17, 15) is 9.59 Å². The lowest BCUT2D eigenvalue weighted by atomic mass is 9.93. The number of hydrogen-bond acceptors (Lipinski definition) is 4. The second kappa shape index (κ2) is 5.26. The van der Waals surface area contributed by atoms with Gasteiger partial charge in [0.25, 0.3) is 0 Å². The zero-order valence-electron chi connectivity index (χ0n) is 9.98. The summed E-state index contributed by atoms with van der Waals surface area (Å²) in [7, 11) is 1.24. The van der Waals surface area contributed by atoms with Gasteiger partial charge in [0.05, 0.1) is 24.3 Å². The van der Waals surface area contributed by atoms with Gasteiger partial charge in [0.15, 0.2) is 6.29 Å². The third kappa shape index (κ3) is 2.51. The maximum Gasteiger partial charge on any atom is 0.338 e. The molecule has 1 aromatic rings. The smallest absolute Gasteiger partial charge is 0.338 e. The highest BCUT2D eigenvalue weighted by Crippen LogP contribution is 2.23. The molecule has 0 aromatic heterocycles. The fraction of sp³-hybridized carbons (Fsp3) is 0.308. The fourth-order valence-corrected chi connectivity index (χ4v) is 1.59. The van der Waals surface area contributed by atoms with E-state index in [1.807, 2.05) is 19.9 Å². The van der Waals surface area contributed by atoms with Crippen LogP contribution in [0.1, 0.15) is 51.6 Å². The molecular formula is C13H13NO3. The number of aldehydes is 1. The van der Waals surface area contributed by atoms with Crippen molar-refractivity contribution >= 4 is 12.3 Å². The molecule has 1 rings (SSSR count). The van der Waals surface area contributed by atoms with Crippen molar-refractivity contribution in [1.82, 2.24) is 0 Å². The highest BCUT2D eigenvalue weighted by Gasteiger charge is 2.17. The van der Waals surface area contributed by atoms with Crippen LogP contribution in [-0.2, 0) is 4.74 Å². The number of nitriles is 1. The average molecular weight is 231 g/mol. The molecule has 4 heteroatoms. The van der Waals surface area contributed by atoms with Crippen LogP contribution in [0.25, 0.3) is 0 Å². The topological polar surface area (TPSA) is 67.2 Å². The summed E-state index contributed by atoms with van der Waals surface area (Å²) in [5, 5.41) is 9.02. The van der Waals surface area contributed by atoms with Crippen LogP contribution in [0.15, 0.2) is 12.1 Å². The van der Waals surface area contributed by atoms with Crippen molar-refractivity contribution in [1.29, 1.82) is 5.26 Å². The Morgan fingerprint density at radius 3 is 2.53 bits per heavy atom. The first-order chi connectivity index (χ1) is 8.04. The molecule has 0 unspecified atom stereocenters. The molecule has 0 N–H and O–H groups in total. The Morgan fingerprint density at radius 1 is 1.47 bits per heavy atom. The van der Waals surface area contributed by atoms with Crippen LogP contribution >= 0.6 is 0 Å². The number of hydrogen-bond donors (Lipinski definition) is 0. The largest absolute Gasteiger partial charge is 0.465 e. The first-order valence-corrected chi connectivity index (χ1v) is 5.16. The normalized spacial score (nSPS) is 9.82. The third-order valence-corrected chi connectivity index (χ3v) is 2.50. The molecule has 0 heterocycles. The number of ether oxygens (including phenoxy) is 1. The minimum absolute atomic E-state index is 0.107. The highest BCUT2D eigenvalue weighted by atomic mass is 16.5. The second-order valence-corrected chi connectivity index (χ2v) is 3.90. The molecule has 0 radical (unpaired) electrons. The van der Waals surface area contributed by atoms with Crippen LogP contribution in [0.5, 0.6) is 0 Å². The first-order valence-electron chi connectivity index (χ1n) is 5.16. The quantitative estimate of drug-likeness (QED) is 0.591. The summed E-state index contributed by atoms with van der Waals surface area (Å²) in [6.45, 7) is 3.84. The lowest BCUT2D eigenvalue weighted by Gasteiger charge is -2.11. The van der Waals surface area contributed by atoms with Gasteiger partial charge in [-0.1, -0.05) is 13.8 Å². The molecule has 0 fully saturated rings. The van der Waals surface area contributed by atoms with Crippen molar-refractivity contribution in [2.45, 2.75) is 19.8 Å². The molecule has 0 spiro atoms. The molecular weight excluding hydrogens is 218 g/mol. The first kappa shape index (κ1) is 12.9. The van der Waals surface area contributed by atoms with Crippen molar-refractivity contribution < 1.29 is 14.3 Å². The van der Waals surface area contributed by atoms with Crippen molar-refractivity contribution in [3.05, 3.63) is 34.4 Å². The summed E-state index contributed by atoms with van der Waals surface area (Å²) < 4.78 is 4.57. The number of benzene rings is 1. The minimum Gasteiger partial charge on any atom is -0.465 e. The van der Waals surface area contributed by atoms with Gasteiger partial charge in [0.2, 0.25) is 0 Å². The molecule has 1 aromatic carbocycles. The van der Waals surface area contributed by atoms with Gasteiger partial charge in [-0.25, -0.2) is 4.79 Å². The van der Waals surface area contributed by atoms with E-state index in [-0.39, 0.29) is 17.0 Å². The van der Waals surface area contributed by atoms with Gasteiger partial charge in [-0.15, -0.1) is 0 Å². The van der Waals surface area contributed by atoms with E-state index in [0.717, 1.165) is 5.56 Å². The molecule has 0 aliphatic heterocycles. The summed E-state index contributed by atoms with van der Waals surface area (Å²) >= 11 is 0. The van der Waals surface area contributed by atoms with E-state index < -0.39 is 5.97 Å². The van der Waals surface area contributed by atoms with E-state index >= 15 is 0 Å². The Bertz CT molecular complexity index is 498. The maximum absolute atomic E-state index is 11.5. The molecule has 0 bridgehead atoms. The molecule has 17 heavy (non-hydrogen) atoms. The molecule has 0 atom stereocenters. The molecule has 88 valence electrons. The predicted octanol–water partition coefficient (Wildman–Crippen LogP) is 2.28. The second-order valence-electron chi connectivity index (χ2n) is 3.90. The van der Waals surface area contributed by atoms with Gasteiger partial charge in [-0.2, -0.15) is 5.26 Å². The van der Waals surface area contributed by atoms with Crippen LogP contribution in [0, 0.1) is 11.3 Å². The number of carbonyl (C=O) groups is 2. The van der Waals surface area contributed by atoms with Gasteiger partial charge in [0.1, 0.15) is 0 Å². The van der Waals surface area contributed by atoms with E-state index in [2.05, 4.69) is 4.74 Å². The van der Waals surface area contributed by atoms with Gasteiger partial charge in [-0.3, -0.25) is 4.79 Å². The van der Waals surface area contributed by atoms with Gasteiger partial charge >= 0.3 is 5.97 Å². The fourth-order valence-electron chi connectivity index (χ4n) is 1.59. The third-order valence-electron chi connectivity index (χ3n) is 2.50. The van der Waals surface area contributed by atoms with Crippen molar-refractivity contribution in [3.8, 4) is 6.07 Å². The molecule has 0 saturated heterocycles. The number of carbonyl (C=O) groups excluding carboxylic acids is 2. The highest BCUT2D eigenvalue weighted by molar-refractivity contribution is 5.98. The van der Waals surface area contributed by atoms with Crippen molar-refractivity contribution in [2.75, 3.05) is 7.11 Å². The van der Waals surface area contributed by atoms with Crippen molar-refractivity contribution in [3.63, 3.8) is 0 Å². The van der Waals surface area contributed by atoms with E-state index in [1.165, 1.54) is 13.2 Å². The summed E-state index contributed by atoms with van der Waals surface area (Å²) in [5.41, 5.74) is 1.52. The van der Waals surface area contributed by atoms with Crippen LogP contribution in [0.3, 0.4) is 0 Å². The van der Waals surface area contributed by atoms with Crippen LogP contribution < -0.4 is 0 Å². The maximum atomic E-state index is 11.5. The van der Waals surface area contributed by atoms with Gasteiger partial charge in [-0.05, 0) is 23.6 Å². The number of nitrogens with zero attached hydrogens (tertiary/aromatic N) is 1. The number of methoxy groups -OCH3 is 1. The SMILES string of the molecule is COC(=O)c1cc(C#N)c(C(C)C)cc1C=O. The summed E-state index contributed by atoms with van der Waals surface area (Å²) in [5.74, 6) is -0.506. The standard InChI is InChI=1S/C13H13NO3/c1-8(2)11-5-10(7-15)12(13(16)17-3)4-9(11)6-14/h4-5,7-8H,1-3H3. The van der Waals surface area contributed by atoms with Gasteiger partial charge < -0.3 is 4.74 Å². The van der Waals surface area contributed by atoms with Crippen molar-refractivity contribution in [2.24, 2.45) is 0 Å². The average Bonchev–Trinajstić information content (AvgIpc) is 2.35. The summed E-state index contributed by atoms with van der Waals surface area (Å²) in [6.07, 6.45) is 0.597. The summed E-state index contributed by atoms with van der Waals surface area (Å²) in [6, 6.07) is 5.00. The Hall–Kier alpha value is -2.15. The Kier molecular flexibility index (Phi) is 4.00. The van der Waals surface area contributed by atoms with Crippen LogP contribution in [-0.4, -0.2) is 19.4 Å². The Morgan fingerprint density at radius 2 is 2.12 bits per heavy atom. The van der Waals surface area contributed by atoms with E-state index in [0.29, 0.717) is 11.8 Å². The number of esters is 1. The lowest BCUT2D eigenvalue weighted by Crippen LogP contribution is -2.08. The molecule has 4 nitrogen and oxygen atoms in total. The van der Waals surface area contributed by atoms with E-state index in [1.54, 1.807) is 6.07 Å². The minimum atomic E-state index is -0.612. The Balaban J connectivity index is 3.50. The molecule has 0 aliphatic rings. The lowest BCUT2D eigenvalue weighted by molar-refractivity contribution is 0.0598.